The van der Waals surface area contributed by atoms with Crippen LogP contribution in [0.4, 0.5) is 0 Å². The van der Waals surface area contributed by atoms with Crippen LogP contribution in [0.25, 0.3) is 17.2 Å². The largest absolute Gasteiger partial charge is 0.550 e. The maximum atomic E-state index is 10.7. The number of carboxylic acid groups (broad SMARTS) is 1. The molecule has 178 valence electrons. The Morgan fingerprint density at radius 3 is 2.12 bits per heavy atom. The van der Waals surface area contributed by atoms with Crippen molar-refractivity contribution in [3.63, 3.8) is 0 Å². The summed E-state index contributed by atoms with van der Waals surface area (Å²) in [5.74, 6) is -1.33. The molecule has 4 heteroatoms. The number of aliphatic hydroxyl groups is 2. The Balaban J connectivity index is 2.01. The summed E-state index contributed by atoms with van der Waals surface area (Å²) in [5, 5.41) is 30.8. The van der Waals surface area contributed by atoms with Gasteiger partial charge in [0.25, 0.3) is 0 Å². The van der Waals surface area contributed by atoms with Gasteiger partial charge in [-0.1, -0.05) is 98.8 Å². The number of benzene rings is 3. The highest BCUT2D eigenvalue weighted by atomic mass is 16.4. The number of aliphatic carboxylic acids is 1. The van der Waals surface area contributed by atoms with Crippen LogP contribution in [0.5, 0.6) is 0 Å². The van der Waals surface area contributed by atoms with Crippen molar-refractivity contribution in [1.29, 1.82) is 0 Å². The molecule has 0 aliphatic carbocycles. The Hall–Kier alpha value is -3.21. The van der Waals surface area contributed by atoms with E-state index in [1.165, 1.54) is 11.1 Å². The van der Waals surface area contributed by atoms with Gasteiger partial charge in [0.05, 0.1) is 12.2 Å². The molecule has 0 unspecified atom stereocenters. The first-order valence-electron chi connectivity index (χ1n) is 11.9. The average molecular weight is 458 g/mol. The van der Waals surface area contributed by atoms with Crippen LogP contribution in [0.15, 0.2) is 84.9 Å². The van der Waals surface area contributed by atoms with Gasteiger partial charge in [0.1, 0.15) is 0 Å². The van der Waals surface area contributed by atoms with Crippen LogP contribution >= 0.6 is 0 Å². The van der Waals surface area contributed by atoms with Crippen molar-refractivity contribution >= 4 is 12.0 Å². The molecule has 0 heterocycles. The van der Waals surface area contributed by atoms with Crippen LogP contribution in [0, 0.1) is 0 Å². The van der Waals surface area contributed by atoms with Crippen LogP contribution < -0.4 is 5.11 Å². The summed E-state index contributed by atoms with van der Waals surface area (Å²) in [4.78, 5) is 10.7. The lowest BCUT2D eigenvalue weighted by molar-refractivity contribution is -0.307. The molecule has 2 N–H and O–H groups in total. The van der Waals surface area contributed by atoms with E-state index in [0.29, 0.717) is 0 Å². The summed E-state index contributed by atoms with van der Waals surface area (Å²) in [6.45, 7) is 4.45. The minimum Gasteiger partial charge on any atom is -0.550 e. The van der Waals surface area contributed by atoms with Crippen molar-refractivity contribution in [2.24, 2.45) is 0 Å². The topological polar surface area (TPSA) is 80.6 Å². The van der Waals surface area contributed by atoms with Gasteiger partial charge < -0.3 is 20.1 Å². The van der Waals surface area contributed by atoms with Crippen molar-refractivity contribution in [3.05, 3.63) is 102 Å². The van der Waals surface area contributed by atoms with E-state index >= 15 is 0 Å². The minimum atomic E-state index is -1.33. The van der Waals surface area contributed by atoms with E-state index in [2.05, 4.69) is 68.4 Å². The fourth-order valence-electron chi connectivity index (χ4n) is 4.71. The van der Waals surface area contributed by atoms with E-state index in [4.69, 9.17) is 0 Å². The van der Waals surface area contributed by atoms with E-state index in [0.717, 1.165) is 29.5 Å². The molecule has 0 radical (unpaired) electrons. The van der Waals surface area contributed by atoms with Gasteiger partial charge in [-0.05, 0) is 46.7 Å². The second kappa shape index (κ2) is 11.8. The second-order valence-electron chi connectivity index (χ2n) is 8.72. The lowest BCUT2D eigenvalue weighted by Crippen LogP contribution is -2.29. The molecular formula is C30H33O4-. The van der Waals surface area contributed by atoms with Gasteiger partial charge in [-0.2, -0.15) is 0 Å². The summed E-state index contributed by atoms with van der Waals surface area (Å²) >= 11 is 0. The Kier molecular flexibility index (Phi) is 8.80. The molecule has 0 amide bonds. The third-order valence-corrected chi connectivity index (χ3v) is 6.64. The van der Waals surface area contributed by atoms with E-state index in [1.807, 2.05) is 30.3 Å². The number of carbonyl (C=O) groups is 1. The standard InChI is InChI=1S/C30H34O4/c1-3-30(4-2,24-13-9-6-10-14-24)25-17-15-23(28(19-25)22-11-7-5-8-12-22)16-18-26(31)20-27(32)21-29(33)34/h5-19,26-27,31-32H,3-4,20-21H2,1-2H3,(H,33,34)/p-1/b18-16+/t26-,27-/m1/s1. The van der Waals surface area contributed by atoms with Crippen molar-refractivity contribution in [3.8, 4) is 11.1 Å². The molecule has 0 saturated carbocycles. The Bertz CT molecular complexity index is 1090. The third kappa shape index (κ3) is 6.02. The zero-order valence-electron chi connectivity index (χ0n) is 19.9. The molecule has 0 fully saturated rings. The summed E-state index contributed by atoms with van der Waals surface area (Å²) < 4.78 is 0. The highest BCUT2D eigenvalue weighted by Gasteiger charge is 2.31. The lowest BCUT2D eigenvalue weighted by atomic mass is 9.70. The smallest absolute Gasteiger partial charge is 0.0748 e. The predicted octanol–water partition coefficient (Wildman–Crippen LogP) is 4.72. The molecule has 2 atom stereocenters. The number of aliphatic hydroxyl groups excluding tert-OH is 2. The molecular weight excluding hydrogens is 424 g/mol. The molecule has 3 rings (SSSR count). The molecule has 3 aromatic carbocycles. The number of hydrogen-bond acceptors (Lipinski definition) is 4. The first-order valence-corrected chi connectivity index (χ1v) is 11.9. The van der Waals surface area contributed by atoms with Gasteiger partial charge in [0, 0.05) is 24.2 Å². The van der Waals surface area contributed by atoms with Crippen molar-refractivity contribution in [2.45, 2.75) is 57.2 Å². The fourth-order valence-corrected chi connectivity index (χ4v) is 4.71. The summed E-state index contributed by atoms with van der Waals surface area (Å²) in [5.41, 5.74) is 5.49. The Morgan fingerprint density at radius 1 is 0.912 bits per heavy atom. The highest BCUT2D eigenvalue weighted by molar-refractivity contribution is 5.76. The van der Waals surface area contributed by atoms with E-state index in [-0.39, 0.29) is 11.8 Å². The van der Waals surface area contributed by atoms with Crippen LogP contribution in [0.3, 0.4) is 0 Å². The second-order valence-corrected chi connectivity index (χ2v) is 8.72. The van der Waals surface area contributed by atoms with Crippen molar-refractivity contribution < 1.29 is 20.1 Å². The number of rotatable bonds is 11. The van der Waals surface area contributed by atoms with Crippen molar-refractivity contribution in [1.82, 2.24) is 0 Å². The summed E-state index contributed by atoms with van der Waals surface area (Å²) in [7, 11) is 0. The average Bonchev–Trinajstić information content (AvgIpc) is 2.85. The van der Waals surface area contributed by atoms with Gasteiger partial charge in [-0.15, -0.1) is 0 Å². The Morgan fingerprint density at radius 2 is 1.53 bits per heavy atom. The molecule has 3 aromatic rings. The van der Waals surface area contributed by atoms with E-state index in [9.17, 15) is 20.1 Å². The van der Waals surface area contributed by atoms with Gasteiger partial charge in [-0.25, -0.2) is 0 Å². The maximum Gasteiger partial charge on any atom is 0.0748 e. The minimum absolute atomic E-state index is 0.0635. The van der Waals surface area contributed by atoms with Gasteiger partial charge >= 0.3 is 0 Å². The molecule has 0 aliphatic rings. The van der Waals surface area contributed by atoms with Crippen LogP contribution in [0.2, 0.25) is 0 Å². The summed E-state index contributed by atoms with van der Waals surface area (Å²) in [6, 6.07) is 27.2. The monoisotopic (exact) mass is 457 g/mol. The highest BCUT2D eigenvalue weighted by Crippen LogP contribution is 2.41. The molecule has 0 aliphatic heterocycles. The lowest BCUT2D eigenvalue weighted by Gasteiger charge is -2.34. The van der Waals surface area contributed by atoms with Crippen LogP contribution in [-0.2, 0) is 10.2 Å². The SMILES string of the molecule is CCC(CC)(c1ccccc1)c1ccc(/C=C/[C@@H](O)C[C@@H](O)CC(=O)[O-])c(-c2ccccc2)c1. The third-order valence-electron chi connectivity index (χ3n) is 6.64. The molecule has 0 saturated heterocycles. The van der Waals surface area contributed by atoms with Gasteiger partial charge in [0.2, 0.25) is 0 Å². The van der Waals surface area contributed by atoms with E-state index < -0.39 is 24.6 Å². The molecule has 34 heavy (non-hydrogen) atoms. The molecule has 0 aromatic heterocycles. The normalized spacial score (nSPS) is 13.6. The van der Waals surface area contributed by atoms with Crippen LogP contribution in [0.1, 0.15) is 56.2 Å². The molecule has 0 spiro atoms. The van der Waals surface area contributed by atoms with Gasteiger partial charge in [-0.3, -0.25) is 0 Å². The number of hydrogen-bond donors (Lipinski definition) is 2. The number of carboxylic acids is 1. The fraction of sp³-hybridized carbons (Fsp3) is 0.300. The zero-order valence-corrected chi connectivity index (χ0v) is 19.9. The maximum absolute atomic E-state index is 10.7. The predicted molar refractivity (Wildman–Crippen MR) is 135 cm³/mol. The molecule has 0 bridgehead atoms. The van der Waals surface area contributed by atoms with E-state index in [1.54, 1.807) is 6.08 Å². The summed E-state index contributed by atoms with van der Waals surface area (Å²) in [6.07, 6.45) is 2.69. The first kappa shape index (κ1) is 25.4. The number of carbonyl (C=O) groups excluding carboxylic acids is 1. The quantitative estimate of drug-likeness (QED) is 0.436. The zero-order chi connectivity index (χ0) is 24.6. The first-order chi connectivity index (χ1) is 16.4. The van der Waals surface area contributed by atoms with Crippen molar-refractivity contribution in [2.75, 3.05) is 0 Å². The Labute approximate surface area is 202 Å². The van der Waals surface area contributed by atoms with Crippen LogP contribution in [-0.4, -0.2) is 28.4 Å². The molecule has 4 nitrogen and oxygen atoms in total. The van der Waals surface area contributed by atoms with Gasteiger partial charge in [0.15, 0.2) is 0 Å².